The third-order valence-corrected chi connectivity index (χ3v) is 5.31. The van der Waals surface area contributed by atoms with E-state index in [9.17, 15) is 4.79 Å². The lowest BCUT2D eigenvalue weighted by atomic mass is 9.80. The lowest BCUT2D eigenvalue weighted by Crippen LogP contribution is -2.54. The Balaban J connectivity index is 0.00000242. The SMILES string of the molecule is CC1(C)CN(C(=O)CSCc2ccc(Cl)cc2)CCC1N.Cl. The summed E-state index contributed by atoms with van der Waals surface area (Å²) in [6.07, 6.45) is 0.889. The molecule has 0 radical (unpaired) electrons. The molecule has 1 fully saturated rings. The summed E-state index contributed by atoms with van der Waals surface area (Å²) in [5, 5.41) is 0.742. The highest BCUT2D eigenvalue weighted by atomic mass is 35.5. The van der Waals surface area contributed by atoms with E-state index in [1.54, 1.807) is 11.8 Å². The molecule has 3 nitrogen and oxygen atoms in total. The molecule has 1 aromatic carbocycles. The van der Waals surface area contributed by atoms with Crippen molar-refractivity contribution in [2.75, 3.05) is 18.8 Å². The van der Waals surface area contributed by atoms with Crippen molar-refractivity contribution in [2.45, 2.75) is 32.1 Å². The van der Waals surface area contributed by atoms with E-state index in [1.807, 2.05) is 29.2 Å². The average molecular weight is 363 g/mol. The summed E-state index contributed by atoms with van der Waals surface area (Å²) >= 11 is 7.51. The molecule has 0 aromatic heterocycles. The van der Waals surface area contributed by atoms with Gasteiger partial charge in [-0.1, -0.05) is 37.6 Å². The summed E-state index contributed by atoms with van der Waals surface area (Å²) in [4.78, 5) is 14.2. The van der Waals surface area contributed by atoms with Gasteiger partial charge in [-0.05, 0) is 29.5 Å². The Bertz CT molecular complexity index is 493. The number of benzene rings is 1. The first kappa shape index (κ1) is 19.6. The van der Waals surface area contributed by atoms with Crippen LogP contribution in [0.25, 0.3) is 0 Å². The monoisotopic (exact) mass is 362 g/mol. The van der Waals surface area contributed by atoms with Gasteiger partial charge < -0.3 is 10.6 Å². The maximum Gasteiger partial charge on any atom is 0.232 e. The number of nitrogens with zero attached hydrogens (tertiary/aromatic N) is 1. The van der Waals surface area contributed by atoms with Gasteiger partial charge in [0.15, 0.2) is 0 Å². The maximum atomic E-state index is 12.3. The molecule has 1 amide bonds. The largest absolute Gasteiger partial charge is 0.341 e. The smallest absolute Gasteiger partial charge is 0.232 e. The molecule has 1 aliphatic heterocycles. The molecule has 2 N–H and O–H groups in total. The normalized spacial score (nSPS) is 20.4. The minimum Gasteiger partial charge on any atom is -0.341 e. The molecule has 1 unspecified atom stereocenters. The molecule has 0 bridgehead atoms. The Kier molecular flexibility index (Phi) is 7.53. The van der Waals surface area contributed by atoms with Crippen molar-refractivity contribution < 1.29 is 4.79 Å². The van der Waals surface area contributed by atoms with Crippen LogP contribution in [-0.4, -0.2) is 35.7 Å². The zero-order valence-electron chi connectivity index (χ0n) is 13.0. The fraction of sp³-hybridized carbons (Fsp3) is 0.562. The molecule has 22 heavy (non-hydrogen) atoms. The lowest BCUT2D eigenvalue weighted by molar-refractivity contribution is -0.131. The predicted octanol–water partition coefficient (Wildman–Crippen LogP) is 3.58. The van der Waals surface area contributed by atoms with Crippen molar-refractivity contribution >= 4 is 41.7 Å². The number of amides is 1. The summed E-state index contributed by atoms with van der Waals surface area (Å²) in [7, 11) is 0. The highest BCUT2D eigenvalue weighted by molar-refractivity contribution is 7.99. The second-order valence-corrected chi connectivity index (χ2v) is 7.74. The van der Waals surface area contributed by atoms with Gasteiger partial charge in [0.2, 0.25) is 5.91 Å². The van der Waals surface area contributed by atoms with Crippen molar-refractivity contribution in [3.8, 4) is 0 Å². The van der Waals surface area contributed by atoms with E-state index in [2.05, 4.69) is 13.8 Å². The summed E-state index contributed by atoms with van der Waals surface area (Å²) in [6.45, 7) is 5.81. The van der Waals surface area contributed by atoms with Crippen LogP contribution in [0.1, 0.15) is 25.8 Å². The van der Waals surface area contributed by atoms with Crippen molar-refractivity contribution in [1.82, 2.24) is 4.90 Å². The Morgan fingerprint density at radius 1 is 1.41 bits per heavy atom. The van der Waals surface area contributed by atoms with E-state index in [-0.39, 0.29) is 29.8 Å². The van der Waals surface area contributed by atoms with Gasteiger partial charge >= 0.3 is 0 Å². The summed E-state index contributed by atoms with van der Waals surface area (Å²) < 4.78 is 0. The molecule has 1 heterocycles. The zero-order chi connectivity index (χ0) is 15.5. The van der Waals surface area contributed by atoms with Crippen LogP contribution in [0.4, 0.5) is 0 Å². The number of likely N-dealkylation sites (tertiary alicyclic amines) is 1. The van der Waals surface area contributed by atoms with Gasteiger partial charge in [0, 0.05) is 29.9 Å². The molecule has 124 valence electrons. The van der Waals surface area contributed by atoms with Gasteiger partial charge in [0.25, 0.3) is 0 Å². The van der Waals surface area contributed by atoms with E-state index in [1.165, 1.54) is 5.56 Å². The Morgan fingerprint density at radius 3 is 2.64 bits per heavy atom. The number of rotatable bonds is 4. The number of hydrogen-bond donors (Lipinski definition) is 1. The van der Waals surface area contributed by atoms with Crippen LogP contribution in [0.5, 0.6) is 0 Å². The number of thioether (sulfide) groups is 1. The molecule has 1 aromatic rings. The van der Waals surface area contributed by atoms with Crippen LogP contribution < -0.4 is 5.73 Å². The number of hydrogen-bond acceptors (Lipinski definition) is 3. The van der Waals surface area contributed by atoms with Crippen LogP contribution in [0.2, 0.25) is 5.02 Å². The summed E-state index contributed by atoms with van der Waals surface area (Å²) in [5.74, 6) is 1.57. The van der Waals surface area contributed by atoms with Gasteiger partial charge in [0.1, 0.15) is 0 Å². The Morgan fingerprint density at radius 2 is 2.05 bits per heavy atom. The van der Waals surface area contributed by atoms with Gasteiger partial charge in [0.05, 0.1) is 5.75 Å². The van der Waals surface area contributed by atoms with Gasteiger partial charge in [-0.2, -0.15) is 0 Å². The topological polar surface area (TPSA) is 46.3 Å². The minimum absolute atomic E-state index is 0. The quantitative estimate of drug-likeness (QED) is 0.889. The third-order valence-electron chi connectivity index (χ3n) is 4.07. The maximum absolute atomic E-state index is 12.3. The second-order valence-electron chi connectivity index (χ2n) is 6.32. The minimum atomic E-state index is 0. The first-order valence-electron chi connectivity index (χ1n) is 7.24. The third kappa shape index (κ3) is 5.34. The van der Waals surface area contributed by atoms with E-state index in [4.69, 9.17) is 17.3 Å². The van der Waals surface area contributed by atoms with Gasteiger partial charge in [-0.3, -0.25) is 4.79 Å². The second kappa shape index (κ2) is 8.44. The molecule has 1 atom stereocenters. The van der Waals surface area contributed by atoms with E-state index in [0.717, 1.165) is 30.3 Å². The van der Waals surface area contributed by atoms with Crippen LogP contribution >= 0.6 is 35.8 Å². The van der Waals surface area contributed by atoms with E-state index in [0.29, 0.717) is 5.75 Å². The average Bonchev–Trinajstić information content (AvgIpc) is 2.44. The standard InChI is InChI=1S/C16H23ClN2OS.ClH/c1-16(2)11-19(8-7-14(16)18)15(20)10-21-9-12-3-5-13(17)6-4-12;/h3-6,14H,7-11,18H2,1-2H3;1H. The molecular weight excluding hydrogens is 339 g/mol. The van der Waals surface area contributed by atoms with Gasteiger partial charge in [-0.15, -0.1) is 24.2 Å². The molecule has 1 aliphatic rings. The Labute approximate surface area is 148 Å². The van der Waals surface area contributed by atoms with Crippen LogP contribution in [0.3, 0.4) is 0 Å². The lowest BCUT2D eigenvalue weighted by Gasteiger charge is -2.42. The number of nitrogens with two attached hydrogens (primary N) is 1. The van der Waals surface area contributed by atoms with Crippen LogP contribution in [0, 0.1) is 5.41 Å². The van der Waals surface area contributed by atoms with Crippen molar-refractivity contribution in [3.05, 3.63) is 34.9 Å². The molecule has 0 spiro atoms. The molecule has 0 saturated carbocycles. The summed E-state index contributed by atoms with van der Waals surface area (Å²) in [6, 6.07) is 7.95. The van der Waals surface area contributed by atoms with E-state index >= 15 is 0 Å². The van der Waals surface area contributed by atoms with Crippen LogP contribution in [-0.2, 0) is 10.5 Å². The van der Waals surface area contributed by atoms with E-state index < -0.39 is 0 Å². The molecule has 2 rings (SSSR count). The highest BCUT2D eigenvalue weighted by Gasteiger charge is 2.35. The van der Waals surface area contributed by atoms with Crippen molar-refractivity contribution in [3.63, 3.8) is 0 Å². The number of piperidine rings is 1. The van der Waals surface area contributed by atoms with Crippen molar-refractivity contribution in [1.29, 1.82) is 0 Å². The molecule has 0 aliphatic carbocycles. The molecule has 1 saturated heterocycles. The molecular formula is C16H24Cl2N2OS. The van der Waals surface area contributed by atoms with Crippen molar-refractivity contribution in [2.24, 2.45) is 11.1 Å². The fourth-order valence-corrected chi connectivity index (χ4v) is 3.53. The van der Waals surface area contributed by atoms with Gasteiger partial charge in [-0.25, -0.2) is 0 Å². The predicted molar refractivity (Wildman–Crippen MR) is 97.8 cm³/mol. The first-order valence-corrected chi connectivity index (χ1v) is 8.77. The zero-order valence-corrected chi connectivity index (χ0v) is 15.4. The van der Waals surface area contributed by atoms with Crippen LogP contribution in [0.15, 0.2) is 24.3 Å². The first-order chi connectivity index (χ1) is 9.88. The highest BCUT2D eigenvalue weighted by Crippen LogP contribution is 2.28. The number of carbonyl (C=O) groups is 1. The Hall–Kier alpha value is -0.420. The number of carbonyl (C=O) groups excluding carboxylic acids is 1. The molecule has 6 heteroatoms. The fourth-order valence-electron chi connectivity index (χ4n) is 2.51. The summed E-state index contributed by atoms with van der Waals surface area (Å²) in [5.41, 5.74) is 7.31. The number of halogens is 2.